The summed E-state index contributed by atoms with van der Waals surface area (Å²) < 4.78 is 10.9. The van der Waals surface area contributed by atoms with E-state index < -0.39 is 5.91 Å². The van der Waals surface area contributed by atoms with Crippen LogP contribution in [0.1, 0.15) is 28.2 Å². The molecule has 2 amide bonds. The molecule has 0 saturated carbocycles. The van der Waals surface area contributed by atoms with Crippen molar-refractivity contribution in [2.45, 2.75) is 19.4 Å². The number of ether oxygens (including phenoxy) is 1. The third kappa shape index (κ3) is 6.43. The number of nitrogens with one attached hydrogen (secondary N) is 2. The van der Waals surface area contributed by atoms with Crippen LogP contribution in [0.15, 0.2) is 83.4 Å². The molecular weight excluding hydrogens is 456 g/mol. The van der Waals surface area contributed by atoms with Crippen molar-refractivity contribution in [3.63, 3.8) is 0 Å². The van der Waals surface area contributed by atoms with Gasteiger partial charge in [-0.1, -0.05) is 59.2 Å². The number of hydrazine groups is 1. The van der Waals surface area contributed by atoms with Gasteiger partial charge < -0.3 is 9.26 Å². The van der Waals surface area contributed by atoms with Crippen molar-refractivity contribution in [3.05, 3.63) is 101 Å². The first-order valence-corrected chi connectivity index (χ1v) is 10.9. The first kappa shape index (κ1) is 23.0. The Balaban J connectivity index is 1.20. The van der Waals surface area contributed by atoms with Crippen molar-refractivity contribution in [1.29, 1.82) is 0 Å². The number of benzene rings is 3. The van der Waals surface area contributed by atoms with Crippen molar-refractivity contribution in [1.82, 2.24) is 21.0 Å². The van der Waals surface area contributed by atoms with Gasteiger partial charge in [0.25, 0.3) is 5.91 Å². The Labute approximate surface area is 200 Å². The molecule has 1 aromatic heterocycles. The molecule has 0 aliphatic carbocycles. The molecule has 0 bridgehead atoms. The molecule has 0 spiro atoms. The second-order valence-corrected chi connectivity index (χ2v) is 7.76. The van der Waals surface area contributed by atoms with Gasteiger partial charge in [0.1, 0.15) is 12.4 Å². The highest BCUT2D eigenvalue weighted by Gasteiger charge is 2.12. The van der Waals surface area contributed by atoms with Crippen molar-refractivity contribution < 1.29 is 18.8 Å². The Morgan fingerprint density at radius 3 is 2.38 bits per heavy atom. The first-order chi connectivity index (χ1) is 16.6. The summed E-state index contributed by atoms with van der Waals surface area (Å²) in [6.45, 7) is 0.349. The Bertz CT molecular complexity index is 1240. The average molecular weight is 477 g/mol. The summed E-state index contributed by atoms with van der Waals surface area (Å²) in [6, 6.07) is 23.4. The lowest BCUT2D eigenvalue weighted by Crippen LogP contribution is -2.41. The number of halogens is 1. The molecule has 4 rings (SSSR count). The molecule has 0 radical (unpaired) electrons. The second-order valence-electron chi connectivity index (χ2n) is 7.32. The molecule has 4 aromatic rings. The number of carbonyl (C=O) groups is 2. The van der Waals surface area contributed by atoms with Gasteiger partial charge in [-0.2, -0.15) is 4.98 Å². The molecule has 0 fully saturated rings. The van der Waals surface area contributed by atoms with Gasteiger partial charge in [0.05, 0.1) is 0 Å². The summed E-state index contributed by atoms with van der Waals surface area (Å²) in [7, 11) is 0. The number of rotatable bonds is 8. The van der Waals surface area contributed by atoms with E-state index >= 15 is 0 Å². The third-order valence-electron chi connectivity index (χ3n) is 4.82. The normalized spacial score (nSPS) is 10.5. The molecule has 8 nitrogen and oxygen atoms in total. The SMILES string of the molecule is O=C(CCc1nc(-c2ccccc2)no1)NNC(=O)c1ccc(COc2ccc(Cl)cc2)cc1. The van der Waals surface area contributed by atoms with Crippen LogP contribution in [-0.2, 0) is 17.8 Å². The fourth-order valence-electron chi connectivity index (χ4n) is 2.99. The van der Waals surface area contributed by atoms with E-state index in [0.29, 0.717) is 34.7 Å². The van der Waals surface area contributed by atoms with E-state index in [4.69, 9.17) is 20.9 Å². The van der Waals surface area contributed by atoms with Crippen LogP contribution in [0.25, 0.3) is 11.4 Å². The molecule has 0 aliphatic heterocycles. The third-order valence-corrected chi connectivity index (χ3v) is 5.07. The predicted molar refractivity (Wildman–Crippen MR) is 126 cm³/mol. The first-order valence-electron chi connectivity index (χ1n) is 10.5. The number of amides is 2. The van der Waals surface area contributed by atoms with E-state index in [0.717, 1.165) is 11.1 Å². The summed E-state index contributed by atoms with van der Waals surface area (Å²) in [5.41, 5.74) is 6.92. The largest absolute Gasteiger partial charge is 0.489 e. The molecule has 0 aliphatic rings. The van der Waals surface area contributed by atoms with Crippen molar-refractivity contribution >= 4 is 23.4 Å². The van der Waals surface area contributed by atoms with Gasteiger partial charge in [-0.05, 0) is 42.0 Å². The number of aryl methyl sites for hydroxylation is 1. The van der Waals surface area contributed by atoms with E-state index in [2.05, 4.69) is 21.0 Å². The maximum absolute atomic E-state index is 12.3. The van der Waals surface area contributed by atoms with Crippen LogP contribution in [0.2, 0.25) is 5.02 Å². The van der Waals surface area contributed by atoms with E-state index in [9.17, 15) is 9.59 Å². The summed E-state index contributed by atoms with van der Waals surface area (Å²) in [5, 5.41) is 4.56. The fourth-order valence-corrected chi connectivity index (χ4v) is 3.12. The van der Waals surface area contributed by atoms with Gasteiger partial charge in [-0.15, -0.1) is 0 Å². The summed E-state index contributed by atoms with van der Waals surface area (Å²) >= 11 is 5.86. The van der Waals surface area contributed by atoms with E-state index in [-0.39, 0.29) is 18.7 Å². The summed E-state index contributed by atoms with van der Waals surface area (Å²) in [5.74, 6) is 0.706. The zero-order valence-corrected chi connectivity index (χ0v) is 18.8. The smallest absolute Gasteiger partial charge is 0.269 e. The van der Waals surface area contributed by atoms with Gasteiger partial charge >= 0.3 is 0 Å². The highest BCUT2D eigenvalue weighted by Crippen LogP contribution is 2.17. The van der Waals surface area contributed by atoms with Crippen molar-refractivity contribution in [2.75, 3.05) is 0 Å². The lowest BCUT2D eigenvalue weighted by molar-refractivity contribution is -0.121. The molecule has 2 N–H and O–H groups in total. The molecule has 0 atom stereocenters. The van der Waals surface area contributed by atoms with Crippen molar-refractivity contribution in [2.24, 2.45) is 0 Å². The molecular formula is C25H21ClN4O4. The second kappa shape index (κ2) is 11.1. The Morgan fingerprint density at radius 2 is 1.65 bits per heavy atom. The summed E-state index contributed by atoms with van der Waals surface area (Å²) in [4.78, 5) is 28.7. The Kier molecular flexibility index (Phi) is 7.52. The monoisotopic (exact) mass is 476 g/mol. The van der Waals surface area contributed by atoms with Gasteiger partial charge in [-0.25, -0.2) is 0 Å². The molecule has 0 unspecified atom stereocenters. The molecule has 0 saturated heterocycles. The fraction of sp³-hybridized carbons (Fsp3) is 0.120. The predicted octanol–water partition coefficient (Wildman–Crippen LogP) is 4.36. The van der Waals surface area contributed by atoms with Crippen LogP contribution in [0, 0.1) is 0 Å². The van der Waals surface area contributed by atoms with Crippen LogP contribution in [0.4, 0.5) is 0 Å². The van der Waals surface area contributed by atoms with Crippen LogP contribution < -0.4 is 15.6 Å². The lowest BCUT2D eigenvalue weighted by atomic mass is 10.1. The molecule has 1 heterocycles. The highest BCUT2D eigenvalue weighted by molar-refractivity contribution is 6.30. The molecule has 34 heavy (non-hydrogen) atoms. The van der Waals surface area contributed by atoms with E-state index in [1.54, 1.807) is 48.5 Å². The minimum atomic E-state index is -0.428. The minimum absolute atomic E-state index is 0.0810. The van der Waals surface area contributed by atoms with Crippen LogP contribution in [0.3, 0.4) is 0 Å². The Morgan fingerprint density at radius 1 is 0.912 bits per heavy atom. The maximum atomic E-state index is 12.3. The van der Waals surface area contributed by atoms with Crippen molar-refractivity contribution in [3.8, 4) is 17.1 Å². The van der Waals surface area contributed by atoms with Crippen LogP contribution in [-0.4, -0.2) is 22.0 Å². The number of nitrogens with zero attached hydrogens (tertiary/aromatic N) is 2. The van der Waals surface area contributed by atoms with Crippen LogP contribution >= 0.6 is 11.6 Å². The molecule has 3 aromatic carbocycles. The van der Waals surface area contributed by atoms with Gasteiger partial charge in [0.15, 0.2) is 0 Å². The quantitative estimate of drug-likeness (QED) is 0.366. The number of aromatic nitrogens is 2. The standard InChI is InChI=1S/C25H21ClN4O4/c26-20-10-12-21(13-11-20)33-16-17-6-8-19(9-7-17)25(32)29-28-22(31)14-15-23-27-24(30-34-23)18-4-2-1-3-5-18/h1-13H,14-16H2,(H,28,31)(H,29,32). The minimum Gasteiger partial charge on any atom is -0.489 e. The number of carbonyl (C=O) groups excluding carboxylic acids is 2. The van der Waals surface area contributed by atoms with E-state index in [1.165, 1.54) is 0 Å². The highest BCUT2D eigenvalue weighted by atomic mass is 35.5. The zero-order chi connectivity index (χ0) is 23.8. The topological polar surface area (TPSA) is 106 Å². The Hall–Kier alpha value is -4.17. The lowest BCUT2D eigenvalue weighted by Gasteiger charge is -2.09. The van der Waals surface area contributed by atoms with Gasteiger partial charge in [-0.3, -0.25) is 20.4 Å². The zero-order valence-electron chi connectivity index (χ0n) is 18.0. The van der Waals surface area contributed by atoms with Crippen LogP contribution in [0.5, 0.6) is 5.75 Å². The van der Waals surface area contributed by atoms with Gasteiger partial charge in [0.2, 0.25) is 17.6 Å². The number of hydrogen-bond acceptors (Lipinski definition) is 6. The van der Waals surface area contributed by atoms with E-state index in [1.807, 2.05) is 30.3 Å². The average Bonchev–Trinajstić information content (AvgIpc) is 3.36. The maximum Gasteiger partial charge on any atom is 0.269 e. The summed E-state index contributed by atoms with van der Waals surface area (Å²) in [6.07, 6.45) is 0.335. The molecule has 9 heteroatoms. The molecule has 172 valence electrons. The van der Waals surface area contributed by atoms with Gasteiger partial charge in [0, 0.05) is 29.0 Å². The number of hydrogen-bond donors (Lipinski definition) is 2.